The minimum atomic E-state index is -0.171. The number of allylic oxidation sites excluding steroid dienone is 4. The Morgan fingerprint density at radius 1 is 0.958 bits per heavy atom. The lowest BCUT2D eigenvalue weighted by atomic mass is 10.0. The van der Waals surface area contributed by atoms with Crippen LogP contribution in [0.25, 0.3) is 16.7 Å². The van der Waals surface area contributed by atoms with Crippen molar-refractivity contribution < 1.29 is 14.2 Å². The summed E-state index contributed by atoms with van der Waals surface area (Å²) in [4.78, 5) is 15.1. The number of nitrogens with one attached hydrogen (secondary N) is 1. The molecule has 0 aliphatic heterocycles. The highest BCUT2D eigenvalue weighted by atomic mass is 16.5. The molecule has 3 rings (SSSR count). The molecule has 0 bridgehead atoms. The van der Waals surface area contributed by atoms with E-state index >= 15 is 0 Å². The van der Waals surface area contributed by atoms with Crippen molar-refractivity contribution >= 4 is 5.57 Å². The van der Waals surface area contributed by atoms with Crippen LogP contribution in [0.2, 0.25) is 0 Å². The summed E-state index contributed by atoms with van der Waals surface area (Å²) in [6, 6.07) is 5.42. The van der Waals surface area contributed by atoms with Crippen molar-refractivity contribution in [1.82, 2.24) is 4.98 Å². The zero-order valence-electron chi connectivity index (χ0n) is 13.9. The summed E-state index contributed by atoms with van der Waals surface area (Å²) < 4.78 is 16.1. The van der Waals surface area contributed by atoms with E-state index in [1.54, 1.807) is 39.7 Å². The molecule has 5 nitrogen and oxygen atoms in total. The standard InChI is InChI=1S/C19H19NO4/c1-22-16-9-13(10-17(23-2)18(16)24-3)15-8-14(11-20-19(15)21)12-6-4-5-7-12/h4,6-11H,5H2,1-3H3,(H,20,21). The minimum absolute atomic E-state index is 0.171. The van der Waals surface area contributed by atoms with Crippen LogP contribution in [-0.4, -0.2) is 26.3 Å². The van der Waals surface area contributed by atoms with Crippen molar-refractivity contribution in [2.75, 3.05) is 21.3 Å². The summed E-state index contributed by atoms with van der Waals surface area (Å²) in [6.45, 7) is 0. The van der Waals surface area contributed by atoms with E-state index in [0.29, 0.717) is 28.4 Å². The zero-order valence-corrected chi connectivity index (χ0v) is 13.9. The highest BCUT2D eigenvalue weighted by Crippen LogP contribution is 2.40. The van der Waals surface area contributed by atoms with Gasteiger partial charge in [-0.15, -0.1) is 0 Å². The van der Waals surface area contributed by atoms with Gasteiger partial charge >= 0.3 is 0 Å². The van der Waals surface area contributed by atoms with Gasteiger partial charge in [0.25, 0.3) is 5.56 Å². The molecule has 124 valence electrons. The number of benzene rings is 1. The van der Waals surface area contributed by atoms with Gasteiger partial charge in [-0.25, -0.2) is 0 Å². The van der Waals surface area contributed by atoms with Crippen molar-refractivity contribution in [1.29, 1.82) is 0 Å². The van der Waals surface area contributed by atoms with Crippen LogP contribution in [0.4, 0.5) is 0 Å². The topological polar surface area (TPSA) is 60.6 Å². The zero-order chi connectivity index (χ0) is 17.1. The molecule has 24 heavy (non-hydrogen) atoms. The molecule has 0 saturated carbocycles. The molecular formula is C19H19NO4. The highest BCUT2D eigenvalue weighted by Gasteiger charge is 2.16. The monoisotopic (exact) mass is 325 g/mol. The maximum absolute atomic E-state index is 12.3. The fourth-order valence-electron chi connectivity index (χ4n) is 2.77. The normalized spacial score (nSPS) is 12.9. The fraction of sp³-hybridized carbons (Fsp3) is 0.211. The van der Waals surface area contributed by atoms with Gasteiger partial charge in [-0.2, -0.15) is 0 Å². The van der Waals surface area contributed by atoms with E-state index < -0.39 is 0 Å². The van der Waals surface area contributed by atoms with Gasteiger partial charge < -0.3 is 19.2 Å². The second-order valence-electron chi connectivity index (χ2n) is 5.34. The van der Waals surface area contributed by atoms with Gasteiger partial charge in [-0.1, -0.05) is 18.2 Å². The third kappa shape index (κ3) is 2.80. The van der Waals surface area contributed by atoms with E-state index in [2.05, 4.69) is 17.1 Å². The van der Waals surface area contributed by atoms with Crippen molar-refractivity contribution in [2.45, 2.75) is 6.42 Å². The summed E-state index contributed by atoms with van der Waals surface area (Å²) in [5.41, 5.74) is 3.14. The molecule has 0 amide bonds. The molecule has 1 aliphatic carbocycles. The van der Waals surface area contributed by atoms with E-state index in [0.717, 1.165) is 17.6 Å². The predicted octanol–water partition coefficient (Wildman–Crippen LogP) is 3.41. The quantitative estimate of drug-likeness (QED) is 0.915. The summed E-state index contributed by atoms with van der Waals surface area (Å²) >= 11 is 0. The van der Waals surface area contributed by atoms with Crippen LogP contribution in [-0.2, 0) is 0 Å². The smallest absolute Gasteiger partial charge is 0.255 e. The van der Waals surface area contributed by atoms with Crippen LogP contribution in [0.3, 0.4) is 0 Å². The molecule has 1 aromatic carbocycles. The first-order chi connectivity index (χ1) is 11.7. The first-order valence-corrected chi connectivity index (χ1v) is 7.58. The van der Waals surface area contributed by atoms with Crippen LogP contribution in [0.5, 0.6) is 17.2 Å². The second kappa shape index (κ2) is 6.66. The number of methoxy groups -OCH3 is 3. The predicted molar refractivity (Wildman–Crippen MR) is 93.9 cm³/mol. The summed E-state index contributed by atoms with van der Waals surface area (Å²) in [5.74, 6) is 1.52. The Bertz CT molecular complexity index is 852. The lowest BCUT2D eigenvalue weighted by Crippen LogP contribution is -2.09. The van der Waals surface area contributed by atoms with E-state index in [4.69, 9.17) is 14.2 Å². The molecule has 0 unspecified atom stereocenters. The maximum Gasteiger partial charge on any atom is 0.255 e. The number of hydrogen-bond acceptors (Lipinski definition) is 4. The van der Waals surface area contributed by atoms with E-state index in [1.807, 2.05) is 12.1 Å². The average Bonchev–Trinajstić information content (AvgIpc) is 3.15. The van der Waals surface area contributed by atoms with Crippen molar-refractivity contribution in [3.63, 3.8) is 0 Å². The van der Waals surface area contributed by atoms with Crippen LogP contribution in [0.1, 0.15) is 12.0 Å². The molecule has 1 aliphatic rings. The third-order valence-electron chi connectivity index (χ3n) is 3.98. The first-order valence-electron chi connectivity index (χ1n) is 7.58. The number of pyridine rings is 1. The van der Waals surface area contributed by atoms with E-state index in [1.165, 1.54) is 0 Å². The van der Waals surface area contributed by atoms with Crippen molar-refractivity contribution in [3.8, 4) is 28.4 Å². The van der Waals surface area contributed by atoms with Crippen LogP contribution < -0.4 is 19.8 Å². The van der Waals surface area contributed by atoms with Crippen LogP contribution >= 0.6 is 0 Å². The summed E-state index contributed by atoms with van der Waals surface area (Å²) in [6.07, 6.45) is 8.89. The second-order valence-corrected chi connectivity index (χ2v) is 5.34. The van der Waals surface area contributed by atoms with Gasteiger partial charge in [-0.05, 0) is 41.3 Å². The summed E-state index contributed by atoms with van der Waals surface area (Å²) in [5, 5.41) is 0. The summed E-state index contributed by atoms with van der Waals surface area (Å²) in [7, 11) is 4.65. The SMILES string of the molecule is COc1cc(-c2cc(C3=CCC=C3)c[nH]c2=O)cc(OC)c1OC. The molecule has 0 fully saturated rings. The third-order valence-corrected chi connectivity index (χ3v) is 3.98. The van der Waals surface area contributed by atoms with Gasteiger partial charge in [0.15, 0.2) is 11.5 Å². The molecular weight excluding hydrogens is 306 g/mol. The Balaban J connectivity index is 2.16. The number of H-pyrrole nitrogens is 1. The Labute approximate surface area is 140 Å². The Hall–Kier alpha value is -2.95. The maximum atomic E-state index is 12.3. The van der Waals surface area contributed by atoms with Crippen LogP contribution in [0.15, 0.2) is 47.4 Å². The largest absolute Gasteiger partial charge is 0.493 e. The van der Waals surface area contributed by atoms with Crippen molar-refractivity contribution in [3.05, 3.63) is 58.5 Å². The lowest BCUT2D eigenvalue weighted by Gasteiger charge is -2.14. The first kappa shape index (κ1) is 15.9. The molecule has 1 heterocycles. The molecule has 1 aromatic heterocycles. The molecule has 0 atom stereocenters. The minimum Gasteiger partial charge on any atom is -0.493 e. The Morgan fingerprint density at radius 2 is 1.67 bits per heavy atom. The molecule has 0 saturated heterocycles. The lowest BCUT2D eigenvalue weighted by molar-refractivity contribution is 0.324. The number of rotatable bonds is 5. The van der Waals surface area contributed by atoms with Gasteiger partial charge in [0.2, 0.25) is 5.75 Å². The Kier molecular flexibility index (Phi) is 4.42. The van der Waals surface area contributed by atoms with Gasteiger partial charge in [0.1, 0.15) is 0 Å². The van der Waals surface area contributed by atoms with Gasteiger partial charge in [-0.3, -0.25) is 4.79 Å². The highest BCUT2D eigenvalue weighted by molar-refractivity contribution is 5.79. The van der Waals surface area contributed by atoms with E-state index in [-0.39, 0.29) is 5.56 Å². The molecule has 1 N–H and O–H groups in total. The number of ether oxygens (including phenoxy) is 3. The Morgan fingerprint density at radius 3 is 2.21 bits per heavy atom. The molecule has 2 aromatic rings. The molecule has 0 radical (unpaired) electrons. The van der Waals surface area contributed by atoms with Gasteiger partial charge in [0, 0.05) is 11.8 Å². The fourth-order valence-corrected chi connectivity index (χ4v) is 2.77. The van der Waals surface area contributed by atoms with E-state index in [9.17, 15) is 4.79 Å². The number of hydrogen-bond donors (Lipinski definition) is 1. The molecule has 5 heteroatoms. The van der Waals surface area contributed by atoms with Gasteiger partial charge in [0.05, 0.1) is 21.3 Å². The average molecular weight is 325 g/mol. The molecule has 0 spiro atoms. The number of aromatic amines is 1. The van der Waals surface area contributed by atoms with Crippen LogP contribution in [0, 0.1) is 0 Å². The van der Waals surface area contributed by atoms with Crippen molar-refractivity contribution in [2.24, 2.45) is 0 Å². The number of aromatic nitrogens is 1.